The van der Waals surface area contributed by atoms with Gasteiger partial charge in [-0.1, -0.05) is 18.2 Å². The first-order valence-electron chi connectivity index (χ1n) is 7.19. The van der Waals surface area contributed by atoms with Gasteiger partial charge in [-0.2, -0.15) is 11.3 Å². The molecule has 2 heterocycles. The highest BCUT2D eigenvalue weighted by molar-refractivity contribution is 7.07. The molecule has 1 atom stereocenters. The normalized spacial score (nSPS) is 12.7. The zero-order valence-corrected chi connectivity index (χ0v) is 13.5. The molecule has 0 saturated carbocycles. The van der Waals surface area contributed by atoms with E-state index in [9.17, 15) is 4.79 Å². The summed E-state index contributed by atoms with van der Waals surface area (Å²) in [6, 6.07) is 12.1. The Bertz CT molecular complexity index is 728. The van der Waals surface area contributed by atoms with Gasteiger partial charge < -0.3 is 15.2 Å². The van der Waals surface area contributed by atoms with Gasteiger partial charge in [0, 0.05) is 17.4 Å². The van der Waals surface area contributed by atoms with Crippen LogP contribution in [0.2, 0.25) is 0 Å². The SMILES string of the molecule is CN(C)[C@H](CNC(=O)c1cc2ccccc2[nH]1)c1ccsc1. The van der Waals surface area contributed by atoms with Crippen LogP contribution in [0, 0.1) is 0 Å². The van der Waals surface area contributed by atoms with Gasteiger partial charge in [0.25, 0.3) is 5.91 Å². The number of nitrogens with one attached hydrogen (secondary N) is 2. The van der Waals surface area contributed by atoms with Crippen LogP contribution in [0.5, 0.6) is 0 Å². The van der Waals surface area contributed by atoms with Crippen molar-refractivity contribution in [2.45, 2.75) is 6.04 Å². The summed E-state index contributed by atoms with van der Waals surface area (Å²) in [5.41, 5.74) is 2.81. The van der Waals surface area contributed by atoms with Crippen LogP contribution in [0.3, 0.4) is 0 Å². The zero-order chi connectivity index (χ0) is 15.5. The molecule has 0 spiro atoms. The summed E-state index contributed by atoms with van der Waals surface area (Å²) in [6.07, 6.45) is 0. The van der Waals surface area contributed by atoms with Crippen LogP contribution in [-0.2, 0) is 0 Å². The van der Waals surface area contributed by atoms with Crippen LogP contribution in [0.15, 0.2) is 47.2 Å². The molecule has 1 amide bonds. The maximum absolute atomic E-state index is 12.4. The molecule has 0 bridgehead atoms. The maximum atomic E-state index is 12.4. The van der Waals surface area contributed by atoms with Crippen LogP contribution in [-0.4, -0.2) is 36.4 Å². The van der Waals surface area contributed by atoms with Crippen molar-refractivity contribution in [1.82, 2.24) is 15.2 Å². The van der Waals surface area contributed by atoms with Crippen LogP contribution in [0.4, 0.5) is 0 Å². The molecule has 114 valence electrons. The Kier molecular flexibility index (Phi) is 4.27. The van der Waals surface area contributed by atoms with Crippen molar-refractivity contribution in [1.29, 1.82) is 0 Å². The lowest BCUT2D eigenvalue weighted by molar-refractivity contribution is 0.0938. The van der Waals surface area contributed by atoms with Crippen molar-refractivity contribution in [3.05, 3.63) is 58.4 Å². The highest BCUT2D eigenvalue weighted by Crippen LogP contribution is 2.20. The Morgan fingerprint density at radius 3 is 2.82 bits per heavy atom. The standard InChI is InChI=1S/C17H19N3OS/c1-20(2)16(13-7-8-22-11-13)10-18-17(21)15-9-12-5-3-4-6-14(12)19-15/h3-9,11,16,19H,10H2,1-2H3,(H,18,21)/t16-/m1/s1. The lowest BCUT2D eigenvalue weighted by Crippen LogP contribution is -2.34. The second-order valence-electron chi connectivity index (χ2n) is 5.52. The first-order chi connectivity index (χ1) is 10.6. The van der Waals surface area contributed by atoms with Crippen molar-refractivity contribution < 1.29 is 4.79 Å². The molecular formula is C17H19N3OS. The second-order valence-corrected chi connectivity index (χ2v) is 6.30. The number of para-hydroxylation sites is 1. The molecule has 0 radical (unpaired) electrons. The fraction of sp³-hybridized carbons (Fsp3) is 0.235. The van der Waals surface area contributed by atoms with Crippen molar-refractivity contribution in [3.8, 4) is 0 Å². The number of fused-ring (bicyclic) bond motifs is 1. The molecule has 0 aliphatic heterocycles. The minimum atomic E-state index is -0.0710. The molecule has 0 saturated heterocycles. The second kappa shape index (κ2) is 6.34. The number of rotatable bonds is 5. The van der Waals surface area contributed by atoms with E-state index in [1.54, 1.807) is 11.3 Å². The van der Waals surface area contributed by atoms with E-state index in [-0.39, 0.29) is 11.9 Å². The van der Waals surface area contributed by atoms with E-state index in [1.807, 2.05) is 44.4 Å². The predicted octanol–water partition coefficient (Wildman–Crippen LogP) is 3.26. The number of H-pyrrole nitrogens is 1. The molecule has 0 fully saturated rings. The van der Waals surface area contributed by atoms with Gasteiger partial charge in [-0.15, -0.1) is 0 Å². The zero-order valence-electron chi connectivity index (χ0n) is 12.7. The summed E-state index contributed by atoms with van der Waals surface area (Å²) in [7, 11) is 4.05. The van der Waals surface area contributed by atoms with E-state index in [2.05, 4.69) is 32.0 Å². The molecule has 3 aromatic rings. The van der Waals surface area contributed by atoms with Crippen molar-refractivity contribution in [3.63, 3.8) is 0 Å². The van der Waals surface area contributed by atoms with E-state index < -0.39 is 0 Å². The fourth-order valence-corrected chi connectivity index (χ4v) is 3.25. The molecule has 0 aliphatic rings. The molecule has 0 aliphatic carbocycles. The van der Waals surface area contributed by atoms with Crippen LogP contribution >= 0.6 is 11.3 Å². The van der Waals surface area contributed by atoms with Gasteiger partial charge in [-0.3, -0.25) is 4.79 Å². The highest BCUT2D eigenvalue weighted by atomic mass is 32.1. The first-order valence-corrected chi connectivity index (χ1v) is 8.14. The molecule has 0 unspecified atom stereocenters. The quantitative estimate of drug-likeness (QED) is 0.759. The van der Waals surface area contributed by atoms with Gasteiger partial charge in [0.2, 0.25) is 0 Å². The van der Waals surface area contributed by atoms with Crippen molar-refractivity contribution in [2.75, 3.05) is 20.6 Å². The van der Waals surface area contributed by atoms with E-state index in [1.165, 1.54) is 5.56 Å². The van der Waals surface area contributed by atoms with Gasteiger partial charge in [-0.05, 0) is 48.6 Å². The van der Waals surface area contributed by atoms with Gasteiger partial charge in [0.1, 0.15) is 5.69 Å². The van der Waals surface area contributed by atoms with Gasteiger partial charge >= 0.3 is 0 Å². The molecule has 3 rings (SSSR count). The Morgan fingerprint density at radius 1 is 1.32 bits per heavy atom. The summed E-state index contributed by atoms with van der Waals surface area (Å²) in [5.74, 6) is -0.0710. The molecule has 5 heteroatoms. The summed E-state index contributed by atoms with van der Waals surface area (Å²) < 4.78 is 0. The number of aromatic nitrogens is 1. The molecule has 2 N–H and O–H groups in total. The average Bonchev–Trinajstić information content (AvgIpc) is 3.16. The summed E-state index contributed by atoms with van der Waals surface area (Å²) >= 11 is 1.67. The van der Waals surface area contributed by atoms with Crippen molar-refractivity contribution in [2.24, 2.45) is 0 Å². The topological polar surface area (TPSA) is 48.1 Å². The van der Waals surface area contributed by atoms with E-state index in [0.717, 1.165) is 10.9 Å². The smallest absolute Gasteiger partial charge is 0.267 e. The van der Waals surface area contributed by atoms with Crippen LogP contribution in [0.25, 0.3) is 10.9 Å². The Hall–Kier alpha value is -2.11. The fourth-order valence-electron chi connectivity index (χ4n) is 2.54. The van der Waals surface area contributed by atoms with Crippen LogP contribution < -0.4 is 5.32 Å². The summed E-state index contributed by atoms with van der Waals surface area (Å²) in [6.45, 7) is 0.581. The lowest BCUT2D eigenvalue weighted by atomic mass is 10.1. The third-order valence-electron chi connectivity index (χ3n) is 3.78. The Balaban J connectivity index is 1.71. The third-order valence-corrected chi connectivity index (χ3v) is 4.48. The highest BCUT2D eigenvalue weighted by Gasteiger charge is 2.17. The van der Waals surface area contributed by atoms with Crippen LogP contribution in [0.1, 0.15) is 22.1 Å². The summed E-state index contributed by atoms with van der Waals surface area (Å²) in [5, 5.41) is 8.26. The van der Waals surface area contributed by atoms with Gasteiger partial charge in [0.05, 0.1) is 6.04 Å². The van der Waals surface area contributed by atoms with Crippen molar-refractivity contribution >= 4 is 28.1 Å². The number of amides is 1. The molecular weight excluding hydrogens is 294 g/mol. The van der Waals surface area contributed by atoms with E-state index >= 15 is 0 Å². The predicted molar refractivity (Wildman–Crippen MR) is 91.4 cm³/mol. The van der Waals surface area contributed by atoms with Gasteiger partial charge in [-0.25, -0.2) is 0 Å². The van der Waals surface area contributed by atoms with E-state index in [4.69, 9.17) is 0 Å². The lowest BCUT2D eigenvalue weighted by Gasteiger charge is -2.23. The Labute approximate surface area is 133 Å². The maximum Gasteiger partial charge on any atom is 0.267 e. The molecule has 22 heavy (non-hydrogen) atoms. The minimum absolute atomic E-state index is 0.0710. The number of carbonyl (C=O) groups excluding carboxylic acids is 1. The van der Waals surface area contributed by atoms with Gasteiger partial charge in [0.15, 0.2) is 0 Å². The minimum Gasteiger partial charge on any atom is -0.351 e. The number of thiophene rings is 1. The monoisotopic (exact) mass is 313 g/mol. The molecule has 1 aromatic carbocycles. The van der Waals surface area contributed by atoms with E-state index in [0.29, 0.717) is 12.2 Å². The molecule has 2 aromatic heterocycles. The third kappa shape index (κ3) is 3.05. The number of likely N-dealkylation sites (N-methyl/N-ethyl adjacent to an activating group) is 1. The number of hydrogen-bond donors (Lipinski definition) is 2. The average molecular weight is 313 g/mol. The number of benzene rings is 1. The summed E-state index contributed by atoms with van der Waals surface area (Å²) in [4.78, 5) is 17.6. The first kappa shape index (κ1) is 14.8. The number of nitrogens with zero attached hydrogens (tertiary/aromatic N) is 1. The number of carbonyl (C=O) groups is 1. The molecule has 4 nitrogen and oxygen atoms in total. The Morgan fingerprint density at radius 2 is 2.14 bits per heavy atom. The number of aromatic amines is 1. The number of hydrogen-bond acceptors (Lipinski definition) is 3. The largest absolute Gasteiger partial charge is 0.351 e.